The minimum atomic E-state index is -4.21. The highest BCUT2D eigenvalue weighted by molar-refractivity contribution is 7.89. The van der Waals surface area contributed by atoms with Crippen molar-refractivity contribution in [3.05, 3.63) is 30.2 Å². The number of fused-ring (bicyclic) bond motifs is 1. The van der Waals surface area contributed by atoms with Crippen LogP contribution in [0.2, 0.25) is 0 Å². The first-order valence-corrected chi connectivity index (χ1v) is 8.97. The van der Waals surface area contributed by atoms with E-state index in [0.717, 1.165) is 22.9 Å². The molecule has 13 heteroatoms. The number of nitrogens with zero attached hydrogens (tertiary/aromatic N) is 5. The van der Waals surface area contributed by atoms with E-state index >= 15 is 0 Å². The standard InChI is InChI=1S/C14H9F3N6O3S/c15-8-3-7(27(24,25)22-14(6-18)1-2-14)5-23-9(8)4-19-11(23)13-21-20-12(26-13)10(16)17/h3-5,10,22H,1-2H2. The Kier molecular flexibility index (Phi) is 3.72. The van der Waals surface area contributed by atoms with Crippen molar-refractivity contribution in [2.24, 2.45) is 0 Å². The van der Waals surface area contributed by atoms with Crippen LogP contribution in [0.1, 0.15) is 25.2 Å². The molecule has 0 bridgehead atoms. The molecule has 0 unspecified atom stereocenters. The Bertz CT molecular complexity index is 1190. The monoisotopic (exact) mass is 398 g/mol. The van der Waals surface area contributed by atoms with Crippen LogP contribution < -0.4 is 4.72 Å². The second-order valence-corrected chi connectivity index (χ2v) is 7.59. The second kappa shape index (κ2) is 5.76. The topological polar surface area (TPSA) is 126 Å². The zero-order valence-corrected chi connectivity index (χ0v) is 14.0. The Morgan fingerprint density at radius 1 is 1.37 bits per heavy atom. The quantitative estimate of drug-likeness (QED) is 0.694. The van der Waals surface area contributed by atoms with Crippen molar-refractivity contribution < 1.29 is 26.0 Å². The highest BCUT2D eigenvalue weighted by Crippen LogP contribution is 2.36. The molecule has 27 heavy (non-hydrogen) atoms. The Labute approximate surface area is 149 Å². The number of nitriles is 1. The van der Waals surface area contributed by atoms with Gasteiger partial charge in [-0.1, -0.05) is 0 Å². The molecule has 0 amide bonds. The first-order valence-electron chi connectivity index (χ1n) is 7.48. The summed E-state index contributed by atoms with van der Waals surface area (Å²) < 4.78 is 72.6. The lowest BCUT2D eigenvalue weighted by molar-refractivity contribution is 0.116. The number of alkyl halides is 2. The number of hydrogen-bond acceptors (Lipinski definition) is 7. The number of halogens is 3. The number of sulfonamides is 1. The van der Waals surface area contributed by atoms with Crippen molar-refractivity contribution in [2.75, 3.05) is 0 Å². The molecule has 3 aromatic rings. The van der Waals surface area contributed by atoms with Gasteiger partial charge < -0.3 is 4.42 Å². The van der Waals surface area contributed by atoms with Crippen LogP contribution in [0.15, 0.2) is 27.8 Å². The van der Waals surface area contributed by atoms with Crippen LogP contribution in [0.5, 0.6) is 0 Å². The molecule has 1 fully saturated rings. The van der Waals surface area contributed by atoms with E-state index in [1.165, 1.54) is 0 Å². The van der Waals surface area contributed by atoms with E-state index in [2.05, 4.69) is 19.9 Å². The maximum Gasteiger partial charge on any atom is 0.314 e. The van der Waals surface area contributed by atoms with Crippen LogP contribution in [-0.4, -0.2) is 33.5 Å². The van der Waals surface area contributed by atoms with Crippen molar-refractivity contribution in [3.63, 3.8) is 0 Å². The maximum atomic E-state index is 14.4. The fourth-order valence-electron chi connectivity index (χ4n) is 2.43. The lowest BCUT2D eigenvalue weighted by Crippen LogP contribution is -2.35. The molecule has 1 aliphatic carbocycles. The molecule has 140 valence electrons. The number of aromatic nitrogens is 4. The molecule has 9 nitrogen and oxygen atoms in total. The van der Waals surface area contributed by atoms with Gasteiger partial charge in [0.1, 0.15) is 21.8 Å². The highest BCUT2D eigenvalue weighted by atomic mass is 32.2. The van der Waals surface area contributed by atoms with Crippen molar-refractivity contribution in [3.8, 4) is 17.8 Å². The van der Waals surface area contributed by atoms with Gasteiger partial charge in [-0.25, -0.2) is 17.8 Å². The minimum absolute atomic E-state index is 0.123. The Morgan fingerprint density at radius 2 is 2.11 bits per heavy atom. The molecule has 3 heterocycles. The fraction of sp³-hybridized carbons (Fsp3) is 0.286. The Morgan fingerprint density at radius 3 is 2.70 bits per heavy atom. The summed E-state index contributed by atoms with van der Waals surface area (Å²) in [6.07, 6.45) is -0.207. The molecular formula is C14H9F3N6O3S. The first kappa shape index (κ1) is 17.4. The zero-order chi connectivity index (χ0) is 19.4. The number of rotatable bonds is 5. The van der Waals surface area contributed by atoms with E-state index in [4.69, 9.17) is 9.68 Å². The van der Waals surface area contributed by atoms with Crippen LogP contribution in [0, 0.1) is 17.1 Å². The van der Waals surface area contributed by atoms with E-state index < -0.39 is 44.5 Å². The predicted molar refractivity (Wildman–Crippen MR) is 81.3 cm³/mol. The van der Waals surface area contributed by atoms with Gasteiger partial charge in [0.2, 0.25) is 15.8 Å². The fourth-order valence-corrected chi connectivity index (χ4v) is 3.81. The van der Waals surface area contributed by atoms with Gasteiger partial charge in [0.15, 0.2) is 0 Å². The van der Waals surface area contributed by atoms with E-state index in [0.29, 0.717) is 12.8 Å². The summed E-state index contributed by atoms with van der Waals surface area (Å²) in [5.74, 6) is -2.51. The van der Waals surface area contributed by atoms with Gasteiger partial charge in [-0.2, -0.15) is 18.8 Å². The molecule has 0 atom stereocenters. The van der Waals surface area contributed by atoms with Crippen molar-refractivity contribution in [1.82, 2.24) is 24.3 Å². The average molecular weight is 398 g/mol. The summed E-state index contributed by atoms with van der Waals surface area (Å²) in [5, 5.41) is 15.6. The lowest BCUT2D eigenvalue weighted by Gasteiger charge is -2.11. The van der Waals surface area contributed by atoms with Crippen LogP contribution in [0.4, 0.5) is 13.2 Å². The summed E-state index contributed by atoms with van der Waals surface area (Å²) in [6, 6.07) is 2.64. The maximum absolute atomic E-state index is 14.4. The van der Waals surface area contributed by atoms with Crippen LogP contribution in [0.3, 0.4) is 0 Å². The van der Waals surface area contributed by atoms with E-state index in [9.17, 15) is 21.6 Å². The summed E-state index contributed by atoms with van der Waals surface area (Å²) in [5.41, 5.74) is -1.32. The van der Waals surface area contributed by atoms with E-state index in [1.54, 1.807) is 0 Å². The normalized spacial score (nSPS) is 16.0. The molecule has 1 aliphatic rings. The van der Waals surface area contributed by atoms with Crippen molar-refractivity contribution in [2.45, 2.75) is 29.7 Å². The SMILES string of the molecule is N#CC1(NS(=O)(=O)c2cc(F)c3cnc(-c4nnc(C(F)F)o4)n3c2)CC1. The Hall–Kier alpha value is -2.98. The van der Waals surface area contributed by atoms with Gasteiger partial charge in [-0.05, 0) is 18.9 Å². The van der Waals surface area contributed by atoms with Crippen molar-refractivity contribution in [1.29, 1.82) is 5.26 Å². The van der Waals surface area contributed by atoms with Gasteiger partial charge in [-0.15, -0.1) is 10.2 Å². The molecule has 4 rings (SSSR count). The summed E-state index contributed by atoms with van der Waals surface area (Å²) in [4.78, 5) is 3.37. The molecule has 0 radical (unpaired) electrons. The second-order valence-electron chi connectivity index (χ2n) is 5.91. The Balaban J connectivity index is 1.81. The highest BCUT2D eigenvalue weighted by Gasteiger charge is 2.47. The molecule has 1 saturated carbocycles. The smallest absolute Gasteiger partial charge is 0.314 e. The molecule has 0 aliphatic heterocycles. The molecule has 0 spiro atoms. The van der Waals surface area contributed by atoms with Gasteiger partial charge in [0.25, 0.3) is 11.8 Å². The van der Waals surface area contributed by atoms with Gasteiger partial charge in [0, 0.05) is 6.20 Å². The van der Waals surface area contributed by atoms with Crippen LogP contribution >= 0.6 is 0 Å². The summed E-state index contributed by atoms with van der Waals surface area (Å²) >= 11 is 0. The average Bonchev–Trinajstić information content (AvgIpc) is 3.03. The van der Waals surface area contributed by atoms with Gasteiger partial charge in [-0.3, -0.25) is 4.40 Å². The third-order valence-corrected chi connectivity index (χ3v) is 5.49. The van der Waals surface area contributed by atoms with Crippen LogP contribution in [0.25, 0.3) is 17.2 Å². The van der Waals surface area contributed by atoms with E-state index in [1.807, 2.05) is 6.07 Å². The predicted octanol–water partition coefficient (Wildman–Crippen LogP) is 1.80. The number of pyridine rings is 1. The van der Waals surface area contributed by atoms with Crippen molar-refractivity contribution >= 4 is 15.5 Å². The summed E-state index contributed by atoms with van der Waals surface area (Å²) in [7, 11) is -4.21. The molecule has 1 N–H and O–H groups in total. The number of imidazole rings is 1. The number of nitrogens with one attached hydrogen (secondary N) is 1. The number of hydrogen-bond donors (Lipinski definition) is 1. The largest absolute Gasteiger partial charge is 0.412 e. The van der Waals surface area contributed by atoms with Crippen LogP contribution in [-0.2, 0) is 10.0 Å². The molecular weight excluding hydrogens is 389 g/mol. The van der Waals surface area contributed by atoms with Gasteiger partial charge >= 0.3 is 6.43 Å². The summed E-state index contributed by atoms with van der Waals surface area (Å²) in [6.45, 7) is 0. The third-order valence-electron chi connectivity index (χ3n) is 3.99. The molecule has 0 saturated heterocycles. The van der Waals surface area contributed by atoms with E-state index in [-0.39, 0.29) is 11.3 Å². The minimum Gasteiger partial charge on any atom is -0.412 e. The van der Waals surface area contributed by atoms with Gasteiger partial charge in [0.05, 0.1) is 12.3 Å². The molecule has 3 aromatic heterocycles. The lowest BCUT2D eigenvalue weighted by atomic mass is 10.3. The third kappa shape index (κ3) is 2.92. The first-order chi connectivity index (χ1) is 12.7. The molecule has 0 aromatic carbocycles. The zero-order valence-electron chi connectivity index (χ0n) is 13.2.